The summed E-state index contributed by atoms with van der Waals surface area (Å²) in [5.41, 5.74) is -0.768. The van der Waals surface area contributed by atoms with Crippen molar-refractivity contribution in [1.82, 2.24) is 14.8 Å². The van der Waals surface area contributed by atoms with E-state index in [1.807, 2.05) is 6.92 Å². The Morgan fingerprint density at radius 2 is 2.19 bits per heavy atom. The van der Waals surface area contributed by atoms with Crippen molar-refractivity contribution in [2.75, 3.05) is 6.61 Å². The van der Waals surface area contributed by atoms with Gasteiger partial charge in [-0.15, -0.1) is 0 Å². The van der Waals surface area contributed by atoms with E-state index < -0.39 is 11.9 Å². The van der Waals surface area contributed by atoms with Crippen molar-refractivity contribution >= 4 is 23.2 Å². The molecular weight excluding hydrogens is 316 g/mol. The van der Waals surface area contributed by atoms with Gasteiger partial charge in [-0.3, -0.25) is 0 Å². The molecule has 7 heteroatoms. The van der Waals surface area contributed by atoms with Crippen molar-refractivity contribution in [2.45, 2.75) is 32.2 Å². The predicted molar refractivity (Wildman–Crippen MR) is 80.2 cm³/mol. The molecule has 2 atom stereocenters. The monoisotopic (exact) mass is 331 g/mol. The van der Waals surface area contributed by atoms with Crippen molar-refractivity contribution in [1.29, 1.82) is 0 Å². The highest BCUT2D eigenvalue weighted by molar-refractivity contribution is 6.35. The van der Waals surface area contributed by atoms with E-state index in [1.54, 1.807) is 25.1 Å². The van der Waals surface area contributed by atoms with Gasteiger partial charge in [-0.25, -0.2) is 14.1 Å². The zero-order valence-electron chi connectivity index (χ0n) is 11.8. The summed E-state index contributed by atoms with van der Waals surface area (Å²) >= 11 is 12.1. The molecule has 1 aromatic carbocycles. The van der Waals surface area contributed by atoms with Crippen molar-refractivity contribution in [2.24, 2.45) is 0 Å². The third-order valence-electron chi connectivity index (χ3n) is 3.20. The van der Waals surface area contributed by atoms with Crippen molar-refractivity contribution in [3.05, 3.63) is 46.5 Å². The van der Waals surface area contributed by atoms with Gasteiger partial charge in [0, 0.05) is 22.2 Å². The fourth-order valence-corrected chi connectivity index (χ4v) is 2.66. The van der Waals surface area contributed by atoms with E-state index >= 15 is 0 Å². The minimum Gasteiger partial charge on any atom is -0.365 e. The van der Waals surface area contributed by atoms with Gasteiger partial charge in [0.05, 0.1) is 0 Å². The lowest BCUT2D eigenvalue weighted by molar-refractivity contribution is -0.120. The number of rotatable bonds is 6. The van der Waals surface area contributed by atoms with E-state index in [2.05, 4.69) is 10.1 Å². The molecule has 0 saturated heterocycles. The van der Waals surface area contributed by atoms with Gasteiger partial charge < -0.3 is 4.74 Å². The lowest BCUT2D eigenvalue weighted by Crippen LogP contribution is -2.35. The average Bonchev–Trinajstić information content (AvgIpc) is 2.98. The van der Waals surface area contributed by atoms with E-state index in [1.165, 1.54) is 12.7 Å². The molecule has 0 amide bonds. The van der Waals surface area contributed by atoms with E-state index in [0.717, 1.165) is 11.1 Å². The molecule has 0 aliphatic carbocycles. The topological polar surface area (TPSA) is 39.9 Å². The van der Waals surface area contributed by atoms with Crippen LogP contribution >= 0.6 is 23.2 Å². The van der Waals surface area contributed by atoms with Crippen molar-refractivity contribution in [3.8, 4) is 0 Å². The maximum atomic E-state index is 15.0. The van der Waals surface area contributed by atoms with Gasteiger partial charge in [-0.05, 0) is 25.5 Å². The molecule has 2 unspecified atom stereocenters. The summed E-state index contributed by atoms with van der Waals surface area (Å²) in [6.07, 6.45) is 1.77. The quantitative estimate of drug-likeness (QED) is 0.787. The summed E-state index contributed by atoms with van der Waals surface area (Å²) in [7, 11) is 0. The normalized spacial score (nSPS) is 15.7. The summed E-state index contributed by atoms with van der Waals surface area (Å²) in [6, 6.07) is 4.90. The lowest BCUT2D eigenvalue weighted by atomic mass is 9.94. The molecule has 0 spiro atoms. The molecule has 0 fully saturated rings. The standard InChI is InChI=1S/C14H16Cl2FN3O/c1-3-6-21-14(2,13(17)20-9-18-8-19-20)11-5-4-10(15)7-12(11)16/h4-5,7-9,13H,3,6H2,1-2H3. The second-order valence-electron chi connectivity index (χ2n) is 4.79. The second kappa shape index (κ2) is 6.73. The van der Waals surface area contributed by atoms with E-state index in [9.17, 15) is 4.39 Å². The number of hydrogen-bond donors (Lipinski definition) is 0. The molecule has 1 aromatic heterocycles. The number of halogens is 3. The number of aromatic nitrogens is 3. The zero-order valence-corrected chi connectivity index (χ0v) is 13.3. The number of alkyl halides is 1. The molecule has 4 nitrogen and oxygen atoms in total. The SMILES string of the molecule is CCCOC(C)(c1ccc(Cl)cc1Cl)C(F)n1cncn1. The lowest BCUT2D eigenvalue weighted by Gasteiger charge is -2.34. The molecule has 0 N–H and O–H groups in total. The van der Waals surface area contributed by atoms with Crippen LogP contribution in [0.25, 0.3) is 0 Å². The molecule has 0 aliphatic rings. The summed E-state index contributed by atoms with van der Waals surface area (Å²) in [5, 5.41) is 4.68. The molecule has 1 heterocycles. The van der Waals surface area contributed by atoms with Crippen LogP contribution in [0, 0.1) is 0 Å². The smallest absolute Gasteiger partial charge is 0.225 e. The first kappa shape index (κ1) is 16.2. The van der Waals surface area contributed by atoms with Crippen LogP contribution in [0.3, 0.4) is 0 Å². The summed E-state index contributed by atoms with van der Waals surface area (Å²) in [5.74, 6) is 0. The minimum absolute atomic E-state index is 0.351. The predicted octanol–water partition coefficient (Wildman–Crippen LogP) is 4.40. The van der Waals surface area contributed by atoms with Crippen LogP contribution in [0.2, 0.25) is 10.0 Å². The number of nitrogens with zero attached hydrogens (tertiary/aromatic N) is 3. The Kier molecular flexibility index (Phi) is 5.19. The Labute approximate surface area is 132 Å². The van der Waals surface area contributed by atoms with Crippen LogP contribution in [0.15, 0.2) is 30.9 Å². The number of ether oxygens (including phenoxy) is 1. The van der Waals surface area contributed by atoms with Gasteiger partial charge in [0.2, 0.25) is 6.30 Å². The Hall–Kier alpha value is -1.17. The maximum absolute atomic E-state index is 15.0. The average molecular weight is 332 g/mol. The maximum Gasteiger partial charge on any atom is 0.225 e. The first-order chi connectivity index (χ1) is 9.99. The third-order valence-corrected chi connectivity index (χ3v) is 3.74. The molecule has 2 aromatic rings. The molecule has 114 valence electrons. The highest BCUT2D eigenvalue weighted by Crippen LogP contribution is 2.41. The van der Waals surface area contributed by atoms with Gasteiger partial charge in [0.15, 0.2) is 0 Å². The molecular formula is C14H16Cl2FN3O. The highest BCUT2D eigenvalue weighted by Gasteiger charge is 2.41. The van der Waals surface area contributed by atoms with Crippen molar-refractivity contribution in [3.63, 3.8) is 0 Å². The number of benzene rings is 1. The summed E-state index contributed by atoms with van der Waals surface area (Å²) in [6.45, 7) is 3.99. The van der Waals surface area contributed by atoms with Crippen molar-refractivity contribution < 1.29 is 9.13 Å². The van der Waals surface area contributed by atoms with Crippen LogP contribution in [0.5, 0.6) is 0 Å². The Bertz CT molecular complexity index is 594. The third kappa shape index (κ3) is 3.36. The van der Waals surface area contributed by atoms with Crippen LogP contribution < -0.4 is 0 Å². The fraction of sp³-hybridized carbons (Fsp3) is 0.429. The molecule has 0 bridgehead atoms. The first-order valence-electron chi connectivity index (χ1n) is 6.56. The van der Waals surface area contributed by atoms with Crippen LogP contribution in [-0.4, -0.2) is 21.4 Å². The highest BCUT2D eigenvalue weighted by atomic mass is 35.5. The van der Waals surface area contributed by atoms with Crippen LogP contribution in [0.1, 0.15) is 32.1 Å². The van der Waals surface area contributed by atoms with Crippen LogP contribution in [-0.2, 0) is 10.3 Å². The van der Waals surface area contributed by atoms with Gasteiger partial charge in [-0.1, -0.05) is 36.2 Å². The van der Waals surface area contributed by atoms with Gasteiger partial charge in [0.1, 0.15) is 18.3 Å². The Morgan fingerprint density at radius 1 is 1.43 bits per heavy atom. The van der Waals surface area contributed by atoms with Crippen LogP contribution in [0.4, 0.5) is 4.39 Å². The largest absolute Gasteiger partial charge is 0.365 e. The number of hydrogen-bond acceptors (Lipinski definition) is 3. The Morgan fingerprint density at radius 3 is 2.76 bits per heavy atom. The Balaban J connectivity index is 2.45. The molecule has 0 aliphatic heterocycles. The molecule has 21 heavy (non-hydrogen) atoms. The molecule has 0 radical (unpaired) electrons. The van der Waals surface area contributed by atoms with Gasteiger partial charge in [-0.2, -0.15) is 5.10 Å². The zero-order chi connectivity index (χ0) is 15.5. The fourth-order valence-electron chi connectivity index (χ4n) is 2.07. The minimum atomic E-state index is -1.56. The first-order valence-corrected chi connectivity index (χ1v) is 7.32. The van der Waals surface area contributed by atoms with Gasteiger partial charge >= 0.3 is 0 Å². The second-order valence-corrected chi connectivity index (χ2v) is 5.63. The van der Waals surface area contributed by atoms with E-state index in [-0.39, 0.29) is 0 Å². The van der Waals surface area contributed by atoms with E-state index in [0.29, 0.717) is 22.2 Å². The van der Waals surface area contributed by atoms with E-state index in [4.69, 9.17) is 27.9 Å². The summed E-state index contributed by atoms with van der Waals surface area (Å²) in [4.78, 5) is 3.77. The molecule has 2 rings (SSSR count). The van der Waals surface area contributed by atoms with Gasteiger partial charge in [0.25, 0.3) is 0 Å². The molecule has 0 saturated carbocycles. The summed E-state index contributed by atoms with van der Waals surface area (Å²) < 4.78 is 21.8.